The summed E-state index contributed by atoms with van der Waals surface area (Å²) in [6, 6.07) is 14.2. The number of hydrogen-bond donors (Lipinski definition) is 1. The maximum absolute atomic E-state index is 10.4. The molecule has 3 heteroatoms. The zero-order valence-electron chi connectivity index (χ0n) is 12.5. The second kappa shape index (κ2) is 6.67. The Hall–Kier alpha value is -0.580. The Morgan fingerprint density at radius 3 is 2.24 bits per heavy atom. The Bertz CT molecular complexity index is 614. The highest BCUT2D eigenvalue weighted by Gasteiger charge is 2.14. The summed E-state index contributed by atoms with van der Waals surface area (Å²) in [6.45, 7) is 6.60. The average Bonchev–Trinajstić information content (AvgIpc) is 2.41. The first-order chi connectivity index (χ1) is 9.77. The Balaban J connectivity index is 2.12. The van der Waals surface area contributed by atoms with Gasteiger partial charge in [0.05, 0.1) is 11.1 Å². The topological polar surface area (TPSA) is 20.2 Å². The van der Waals surface area contributed by atoms with Crippen molar-refractivity contribution in [2.45, 2.75) is 38.7 Å². The third-order valence-electron chi connectivity index (χ3n) is 3.58. The molecule has 1 atom stereocenters. The van der Waals surface area contributed by atoms with Crippen molar-refractivity contribution in [1.29, 1.82) is 0 Å². The first-order valence-electron chi connectivity index (χ1n) is 7.00. The molecule has 0 radical (unpaired) electrons. The second-order valence-corrected chi connectivity index (χ2v) is 7.91. The molecule has 21 heavy (non-hydrogen) atoms. The van der Waals surface area contributed by atoms with Gasteiger partial charge in [0, 0.05) is 9.99 Å². The molecular weight excluding hydrogens is 395 g/mol. The lowest BCUT2D eigenvalue weighted by Gasteiger charge is -2.19. The molecule has 1 nitrogen and oxygen atoms in total. The van der Waals surface area contributed by atoms with Gasteiger partial charge in [-0.25, -0.2) is 0 Å². The standard InChI is InChI=1S/C18H20ClIO/c1-18(2,3)14-7-4-12(5-8-14)10-17(21)13-6-9-16(20)15(19)11-13/h4-9,11,17,21H,10H2,1-3H3. The molecule has 0 fully saturated rings. The Labute approximate surface area is 145 Å². The van der Waals surface area contributed by atoms with E-state index in [9.17, 15) is 5.11 Å². The van der Waals surface area contributed by atoms with E-state index in [1.807, 2.05) is 18.2 Å². The average molecular weight is 415 g/mol. The van der Waals surface area contributed by atoms with Gasteiger partial charge in [0.25, 0.3) is 0 Å². The number of aliphatic hydroxyl groups is 1. The van der Waals surface area contributed by atoms with E-state index in [2.05, 4.69) is 67.6 Å². The van der Waals surface area contributed by atoms with E-state index in [0.717, 1.165) is 14.7 Å². The van der Waals surface area contributed by atoms with Gasteiger partial charge in [-0.3, -0.25) is 0 Å². The number of halogens is 2. The molecular formula is C18H20ClIO. The van der Waals surface area contributed by atoms with Crippen LogP contribution in [0.2, 0.25) is 5.02 Å². The summed E-state index contributed by atoms with van der Waals surface area (Å²) in [6.07, 6.45) is 0.0708. The monoisotopic (exact) mass is 414 g/mol. The lowest BCUT2D eigenvalue weighted by molar-refractivity contribution is 0.178. The Morgan fingerprint density at radius 1 is 1.10 bits per heavy atom. The van der Waals surface area contributed by atoms with Gasteiger partial charge in [-0.05, 0) is 56.8 Å². The van der Waals surface area contributed by atoms with Gasteiger partial charge in [-0.15, -0.1) is 0 Å². The van der Waals surface area contributed by atoms with E-state index >= 15 is 0 Å². The van der Waals surface area contributed by atoms with E-state index in [-0.39, 0.29) is 5.41 Å². The lowest BCUT2D eigenvalue weighted by Crippen LogP contribution is -2.11. The summed E-state index contributed by atoms with van der Waals surface area (Å²) < 4.78 is 1.000. The fraction of sp³-hybridized carbons (Fsp3) is 0.333. The minimum atomic E-state index is -0.528. The van der Waals surface area contributed by atoms with Crippen LogP contribution >= 0.6 is 34.2 Å². The molecule has 0 bridgehead atoms. The molecule has 0 aromatic heterocycles. The van der Waals surface area contributed by atoms with Gasteiger partial charge in [0.15, 0.2) is 0 Å². The third kappa shape index (κ3) is 4.44. The molecule has 1 N–H and O–H groups in total. The predicted molar refractivity (Wildman–Crippen MR) is 98.0 cm³/mol. The number of benzene rings is 2. The van der Waals surface area contributed by atoms with Crippen LogP contribution in [0.15, 0.2) is 42.5 Å². The zero-order valence-corrected chi connectivity index (χ0v) is 15.4. The summed E-state index contributed by atoms with van der Waals surface area (Å²) in [4.78, 5) is 0. The summed E-state index contributed by atoms with van der Waals surface area (Å²) in [5.41, 5.74) is 3.45. The van der Waals surface area contributed by atoms with Crippen molar-refractivity contribution in [3.8, 4) is 0 Å². The largest absolute Gasteiger partial charge is 0.388 e. The molecule has 0 heterocycles. The molecule has 0 saturated carbocycles. The van der Waals surface area contributed by atoms with Crippen molar-refractivity contribution in [3.05, 3.63) is 67.7 Å². The lowest BCUT2D eigenvalue weighted by atomic mass is 9.86. The van der Waals surface area contributed by atoms with E-state index in [1.165, 1.54) is 5.56 Å². The first kappa shape index (κ1) is 16.8. The van der Waals surface area contributed by atoms with Gasteiger partial charge in [0.1, 0.15) is 0 Å². The van der Waals surface area contributed by atoms with Crippen molar-refractivity contribution in [2.75, 3.05) is 0 Å². The quantitative estimate of drug-likeness (QED) is 0.656. The van der Waals surface area contributed by atoms with Crippen LogP contribution in [0, 0.1) is 3.57 Å². The van der Waals surface area contributed by atoms with Crippen LogP contribution in [0.5, 0.6) is 0 Å². The van der Waals surface area contributed by atoms with Crippen LogP contribution < -0.4 is 0 Å². The van der Waals surface area contributed by atoms with Crippen LogP contribution in [-0.2, 0) is 11.8 Å². The normalized spacial score (nSPS) is 13.2. The fourth-order valence-electron chi connectivity index (χ4n) is 2.20. The van der Waals surface area contributed by atoms with E-state index in [1.54, 1.807) is 0 Å². The highest BCUT2D eigenvalue weighted by molar-refractivity contribution is 14.1. The molecule has 2 aromatic carbocycles. The van der Waals surface area contributed by atoms with Crippen molar-refractivity contribution in [2.24, 2.45) is 0 Å². The maximum Gasteiger partial charge on any atom is 0.0830 e. The number of aliphatic hydroxyl groups excluding tert-OH is 1. The van der Waals surface area contributed by atoms with Crippen LogP contribution in [0.3, 0.4) is 0 Å². The highest BCUT2D eigenvalue weighted by Crippen LogP contribution is 2.27. The number of rotatable bonds is 3. The SMILES string of the molecule is CC(C)(C)c1ccc(CC(O)c2ccc(I)c(Cl)c2)cc1. The fourth-order valence-corrected chi connectivity index (χ4v) is 2.73. The van der Waals surface area contributed by atoms with Gasteiger partial charge in [-0.2, -0.15) is 0 Å². The molecule has 1 unspecified atom stereocenters. The van der Waals surface area contributed by atoms with Crippen LogP contribution in [-0.4, -0.2) is 5.11 Å². The molecule has 0 aliphatic heterocycles. The minimum Gasteiger partial charge on any atom is -0.388 e. The van der Waals surface area contributed by atoms with Crippen molar-refractivity contribution in [3.63, 3.8) is 0 Å². The third-order valence-corrected chi connectivity index (χ3v) is 5.15. The summed E-state index contributed by atoms with van der Waals surface area (Å²) in [7, 11) is 0. The van der Waals surface area contributed by atoms with Gasteiger partial charge in [0.2, 0.25) is 0 Å². The molecule has 112 valence electrons. The predicted octanol–water partition coefficient (Wildman–Crippen LogP) is 5.52. The Morgan fingerprint density at radius 2 is 1.71 bits per heavy atom. The molecule has 0 saturated heterocycles. The minimum absolute atomic E-state index is 0.154. The molecule has 2 aromatic rings. The smallest absolute Gasteiger partial charge is 0.0830 e. The van der Waals surface area contributed by atoms with E-state index in [0.29, 0.717) is 11.4 Å². The van der Waals surface area contributed by atoms with Gasteiger partial charge in [-0.1, -0.05) is 62.7 Å². The van der Waals surface area contributed by atoms with Crippen LogP contribution in [0.1, 0.15) is 43.6 Å². The molecule has 0 aliphatic rings. The molecule has 0 aliphatic carbocycles. The highest BCUT2D eigenvalue weighted by atomic mass is 127. The van der Waals surface area contributed by atoms with Gasteiger partial charge >= 0.3 is 0 Å². The zero-order chi connectivity index (χ0) is 15.6. The van der Waals surface area contributed by atoms with Crippen molar-refractivity contribution >= 4 is 34.2 Å². The molecule has 0 amide bonds. The molecule has 0 spiro atoms. The maximum atomic E-state index is 10.4. The first-order valence-corrected chi connectivity index (χ1v) is 8.45. The van der Waals surface area contributed by atoms with E-state index < -0.39 is 6.10 Å². The number of hydrogen-bond acceptors (Lipinski definition) is 1. The molecule has 2 rings (SSSR count). The van der Waals surface area contributed by atoms with E-state index in [4.69, 9.17) is 11.6 Å². The summed E-state index contributed by atoms with van der Waals surface area (Å²) in [5.74, 6) is 0. The summed E-state index contributed by atoms with van der Waals surface area (Å²) in [5, 5.41) is 11.0. The van der Waals surface area contributed by atoms with Crippen LogP contribution in [0.4, 0.5) is 0 Å². The van der Waals surface area contributed by atoms with Crippen molar-refractivity contribution < 1.29 is 5.11 Å². The van der Waals surface area contributed by atoms with Gasteiger partial charge < -0.3 is 5.11 Å². The van der Waals surface area contributed by atoms with Crippen molar-refractivity contribution in [1.82, 2.24) is 0 Å². The van der Waals surface area contributed by atoms with Crippen LogP contribution in [0.25, 0.3) is 0 Å². The Kier molecular flexibility index (Phi) is 5.33. The second-order valence-electron chi connectivity index (χ2n) is 6.34. The summed E-state index contributed by atoms with van der Waals surface area (Å²) >= 11 is 8.30.